The van der Waals surface area contributed by atoms with Gasteiger partial charge in [0.15, 0.2) is 0 Å². The number of methoxy groups -OCH3 is 1. The average molecular weight is 356 g/mol. The molecule has 1 heterocycles. The van der Waals surface area contributed by atoms with Crippen LogP contribution in [0.3, 0.4) is 0 Å². The molecule has 0 bridgehead atoms. The number of carbonyl (C=O) groups is 2. The number of thioether (sulfide) groups is 1. The molecule has 2 aromatic rings. The molecule has 1 aliphatic rings. The summed E-state index contributed by atoms with van der Waals surface area (Å²) in [5.41, 5.74) is 1.91. The van der Waals surface area contributed by atoms with Crippen molar-refractivity contribution in [1.29, 1.82) is 0 Å². The third-order valence-corrected chi connectivity index (χ3v) is 5.13. The molecule has 0 unspecified atom stereocenters. The fourth-order valence-corrected chi connectivity index (χ4v) is 3.82. The van der Waals surface area contributed by atoms with Crippen molar-refractivity contribution in [2.24, 2.45) is 0 Å². The zero-order valence-corrected chi connectivity index (χ0v) is 14.8. The molecule has 0 aromatic heterocycles. The van der Waals surface area contributed by atoms with Gasteiger partial charge in [-0.05, 0) is 36.4 Å². The SMILES string of the molecule is COC(=O)c1ccccc1NC(=O)CN1CCCSc2ccccc21. The first kappa shape index (κ1) is 17.4. The Labute approximate surface area is 151 Å². The second kappa shape index (κ2) is 8.07. The Morgan fingerprint density at radius 2 is 1.92 bits per heavy atom. The number of hydrogen-bond donors (Lipinski definition) is 1. The molecule has 0 aliphatic carbocycles. The number of benzene rings is 2. The quantitative estimate of drug-likeness (QED) is 0.851. The third-order valence-electron chi connectivity index (χ3n) is 3.98. The third kappa shape index (κ3) is 4.14. The topological polar surface area (TPSA) is 58.6 Å². The molecule has 0 spiro atoms. The predicted molar refractivity (Wildman–Crippen MR) is 100 cm³/mol. The molecule has 0 fully saturated rings. The van der Waals surface area contributed by atoms with Gasteiger partial charge in [0.25, 0.3) is 0 Å². The lowest BCUT2D eigenvalue weighted by molar-refractivity contribution is -0.115. The van der Waals surface area contributed by atoms with Crippen molar-refractivity contribution in [1.82, 2.24) is 0 Å². The molecule has 130 valence electrons. The van der Waals surface area contributed by atoms with Gasteiger partial charge < -0.3 is 15.0 Å². The summed E-state index contributed by atoms with van der Waals surface area (Å²) >= 11 is 1.82. The van der Waals surface area contributed by atoms with Gasteiger partial charge >= 0.3 is 5.97 Å². The highest BCUT2D eigenvalue weighted by Gasteiger charge is 2.19. The van der Waals surface area contributed by atoms with Gasteiger partial charge in [-0.1, -0.05) is 24.3 Å². The number of fused-ring (bicyclic) bond motifs is 1. The van der Waals surface area contributed by atoms with Crippen molar-refractivity contribution in [2.75, 3.05) is 36.2 Å². The summed E-state index contributed by atoms with van der Waals surface area (Å²) in [6, 6.07) is 15.0. The maximum absolute atomic E-state index is 12.6. The summed E-state index contributed by atoms with van der Waals surface area (Å²) in [5.74, 6) is 0.422. The van der Waals surface area contributed by atoms with Crippen LogP contribution in [-0.2, 0) is 9.53 Å². The maximum atomic E-state index is 12.6. The monoisotopic (exact) mass is 356 g/mol. The van der Waals surface area contributed by atoms with E-state index >= 15 is 0 Å². The Morgan fingerprint density at radius 1 is 1.16 bits per heavy atom. The second-order valence-corrected chi connectivity index (χ2v) is 6.81. The molecule has 3 rings (SSSR count). The number of nitrogens with one attached hydrogen (secondary N) is 1. The Kier molecular flexibility index (Phi) is 5.60. The highest BCUT2D eigenvalue weighted by molar-refractivity contribution is 7.99. The molecule has 1 N–H and O–H groups in total. The fourth-order valence-electron chi connectivity index (χ4n) is 2.81. The van der Waals surface area contributed by atoms with Crippen LogP contribution in [0.1, 0.15) is 16.8 Å². The lowest BCUT2D eigenvalue weighted by Crippen LogP contribution is -2.34. The van der Waals surface area contributed by atoms with Crippen LogP contribution in [0.25, 0.3) is 0 Å². The van der Waals surface area contributed by atoms with Crippen LogP contribution >= 0.6 is 11.8 Å². The van der Waals surface area contributed by atoms with E-state index in [0.29, 0.717) is 11.3 Å². The highest BCUT2D eigenvalue weighted by Crippen LogP contribution is 2.33. The fraction of sp³-hybridized carbons (Fsp3) is 0.263. The van der Waals surface area contributed by atoms with Gasteiger partial charge in [0.1, 0.15) is 0 Å². The molecule has 0 saturated heterocycles. The summed E-state index contributed by atoms with van der Waals surface area (Å²) in [4.78, 5) is 27.7. The minimum atomic E-state index is -0.465. The van der Waals surface area contributed by atoms with Crippen molar-refractivity contribution in [3.05, 3.63) is 54.1 Å². The molecule has 6 heteroatoms. The van der Waals surface area contributed by atoms with Crippen molar-refractivity contribution < 1.29 is 14.3 Å². The van der Waals surface area contributed by atoms with Crippen LogP contribution in [-0.4, -0.2) is 37.8 Å². The van der Waals surface area contributed by atoms with E-state index in [0.717, 1.165) is 24.4 Å². The average Bonchev–Trinajstić information content (AvgIpc) is 2.84. The molecule has 1 amide bonds. The van der Waals surface area contributed by atoms with Gasteiger partial charge in [-0.15, -0.1) is 11.8 Å². The number of carbonyl (C=O) groups excluding carboxylic acids is 2. The van der Waals surface area contributed by atoms with E-state index in [4.69, 9.17) is 4.74 Å². The molecule has 0 atom stereocenters. The number of ether oxygens (including phenoxy) is 1. The Morgan fingerprint density at radius 3 is 2.76 bits per heavy atom. The Hall–Kier alpha value is -2.47. The predicted octanol–water partition coefficient (Wildman–Crippen LogP) is 3.41. The van der Waals surface area contributed by atoms with Gasteiger partial charge in [-0.3, -0.25) is 4.79 Å². The number of hydrogen-bond acceptors (Lipinski definition) is 5. The molecule has 25 heavy (non-hydrogen) atoms. The minimum Gasteiger partial charge on any atom is -0.465 e. The van der Waals surface area contributed by atoms with Gasteiger partial charge in [0.2, 0.25) is 5.91 Å². The molecule has 0 saturated carbocycles. The molecule has 0 radical (unpaired) electrons. The van der Waals surface area contributed by atoms with Crippen LogP contribution in [0.5, 0.6) is 0 Å². The van der Waals surface area contributed by atoms with Crippen molar-refractivity contribution >= 4 is 35.0 Å². The number of amides is 1. The molecular formula is C19H20N2O3S. The van der Waals surface area contributed by atoms with Gasteiger partial charge in [0, 0.05) is 11.4 Å². The van der Waals surface area contributed by atoms with Gasteiger partial charge in [-0.2, -0.15) is 0 Å². The summed E-state index contributed by atoms with van der Waals surface area (Å²) < 4.78 is 4.77. The standard InChI is InChI=1S/C19H20N2O3S/c1-24-19(23)14-7-2-3-8-15(14)20-18(22)13-21-11-6-12-25-17-10-5-4-9-16(17)21/h2-5,7-10H,6,11-13H2,1H3,(H,20,22). The van der Waals surface area contributed by atoms with Crippen LogP contribution in [0.15, 0.2) is 53.4 Å². The van der Waals surface area contributed by atoms with Crippen molar-refractivity contribution in [3.63, 3.8) is 0 Å². The molecular weight excluding hydrogens is 336 g/mol. The lowest BCUT2D eigenvalue weighted by atomic mass is 10.2. The zero-order valence-electron chi connectivity index (χ0n) is 14.0. The largest absolute Gasteiger partial charge is 0.465 e. The van der Waals surface area contributed by atoms with Gasteiger partial charge in [-0.25, -0.2) is 4.79 Å². The first-order valence-electron chi connectivity index (χ1n) is 8.13. The first-order chi connectivity index (χ1) is 12.2. The highest BCUT2D eigenvalue weighted by atomic mass is 32.2. The van der Waals surface area contributed by atoms with E-state index in [1.807, 2.05) is 30.0 Å². The van der Waals surface area contributed by atoms with Gasteiger partial charge in [0.05, 0.1) is 30.6 Å². The molecule has 1 aliphatic heterocycles. The summed E-state index contributed by atoms with van der Waals surface area (Å²) in [5, 5.41) is 2.84. The second-order valence-electron chi connectivity index (χ2n) is 5.68. The zero-order chi connectivity index (χ0) is 17.6. The van der Waals surface area contributed by atoms with E-state index in [1.165, 1.54) is 12.0 Å². The van der Waals surface area contributed by atoms with Crippen LogP contribution in [0.2, 0.25) is 0 Å². The van der Waals surface area contributed by atoms with E-state index in [1.54, 1.807) is 24.3 Å². The van der Waals surface area contributed by atoms with Crippen molar-refractivity contribution in [3.8, 4) is 0 Å². The number of anilines is 2. The summed E-state index contributed by atoms with van der Waals surface area (Å²) in [7, 11) is 1.33. The van der Waals surface area contributed by atoms with Crippen LogP contribution in [0, 0.1) is 0 Å². The lowest BCUT2D eigenvalue weighted by Gasteiger charge is -2.24. The van der Waals surface area contributed by atoms with Crippen molar-refractivity contribution in [2.45, 2.75) is 11.3 Å². The minimum absolute atomic E-state index is 0.155. The smallest absolute Gasteiger partial charge is 0.339 e. The number of nitrogens with zero attached hydrogens (tertiary/aromatic N) is 1. The van der Waals surface area contributed by atoms with Crippen LogP contribution in [0.4, 0.5) is 11.4 Å². The maximum Gasteiger partial charge on any atom is 0.339 e. The normalized spacial score (nSPS) is 13.6. The Bertz CT molecular complexity index is 779. The summed E-state index contributed by atoms with van der Waals surface area (Å²) in [6.07, 6.45) is 1.02. The van der Waals surface area contributed by atoms with E-state index < -0.39 is 5.97 Å². The molecule has 2 aromatic carbocycles. The molecule has 5 nitrogen and oxygen atoms in total. The number of esters is 1. The first-order valence-corrected chi connectivity index (χ1v) is 9.11. The Balaban J connectivity index is 1.75. The van der Waals surface area contributed by atoms with E-state index in [9.17, 15) is 9.59 Å². The number of para-hydroxylation sites is 2. The number of rotatable bonds is 4. The van der Waals surface area contributed by atoms with E-state index in [2.05, 4.69) is 16.3 Å². The summed E-state index contributed by atoms with van der Waals surface area (Å²) in [6.45, 7) is 1.07. The van der Waals surface area contributed by atoms with Crippen LogP contribution < -0.4 is 10.2 Å². The van der Waals surface area contributed by atoms with E-state index in [-0.39, 0.29) is 12.5 Å².